The van der Waals surface area contributed by atoms with Crippen molar-refractivity contribution in [3.05, 3.63) is 83.7 Å². The van der Waals surface area contributed by atoms with Crippen LogP contribution in [-0.2, 0) is 24.2 Å². The van der Waals surface area contributed by atoms with E-state index in [1.54, 1.807) is 54.9 Å². The first-order chi connectivity index (χ1) is 13.5. The van der Waals surface area contributed by atoms with Gasteiger partial charge in [0.1, 0.15) is 11.5 Å². The zero-order chi connectivity index (χ0) is 19.9. The Kier molecular flexibility index (Phi) is 6.49. The Balaban J connectivity index is 1.72. The molecule has 3 aromatic rings. The average Bonchev–Trinajstić information content (AvgIpc) is 2.69. The fourth-order valence-electron chi connectivity index (χ4n) is 2.62. The molecule has 0 radical (unpaired) electrons. The maximum absolute atomic E-state index is 11.5. The van der Waals surface area contributed by atoms with Gasteiger partial charge in [0.25, 0.3) is 0 Å². The molecule has 144 valence electrons. The number of carbonyl (C=O) groups is 1. The molecule has 0 bridgehead atoms. The molecule has 1 atom stereocenters. The van der Waals surface area contributed by atoms with Crippen LogP contribution in [0.4, 0.5) is 0 Å². The first kappa shape index (κ1) is 19.7. The number of aromatic carboxylic acids is 1. The smallest absolute Gasteiger partial charge is 0.335 e. The summed E-state index contributed by atoms with van der Waals surface area (Å²) in [7, 11) is 0. The summed E-state index contributed by atoms with van der Waals surface area (Å²) in [5, 5.41) is 12.2. The monoisotopic (exact) mass is 397 g/mol. The highest BCUT2D eigenvalue weighted by Gasteiger charge is 2.08. The van der Waals surface area contributed by atoms with E-state index in [9.17, 15) is 13.6 Å². The standard InChI is InChI=1S/C20H18N2O5S/c23-20(24)15-4-1-3-14(9-15)11-22-12-16-10-17(6-7-19(16)28(25)26)27-18-5-2-8-21-13-18/h1-10,13,22H,11-12H2,(H,23,24)(H,25,26)/p-1. The molecule has 1 unspecified atom stereocenters. The first-order valence-corrected chi connectivity index (χ1v) is 9.43. The number of pyridine rings is 1. The molecule has 2 aromatic carbocycles. The van der Waals surface area contributed by atoms with Crippen LogP contribution in [-0.4, -0.2) is 24.8 Å². The largest absolute Gasteiger partial charge is 0.768 e. The molecule has 2 N–H and O–H groups in total. The molecular formula is C20H17N2O5S-. The summed E-state index contributed by atoms with van der Waals surface area (Å²) in [6, 6.07) is 14.8. The molecule has 0 spiro atoms. The minimum atomic E-state index is -2.39. The highest BCUT2D eigenvalue weighted by Crippen LogP contribution is 2.25. The Morgan fingerprint density at radius 2 is 1.96 bits per heavy atom. The molecule has 8 heteroatoms. The maximum Gasteiger partial charge on any atom is 0.335 e. The molecule has 0 aliphatic heterocycles. The maximum atomic E-state index is 11.5. The van der Waals surface area contributed by atoms with Crippen molar-refractivity contribution in [3.63, 3.8) is 0 Å². The van der Waals surface area contributed by atoms with E-state index >= 15 is 0 Å². The minimum Gasteiger partial charge on any atom is -0.768 e. The van der Waals surface area contributed by atoms with E-state index in [4.69, 9.17) is 9.84 Å². The molecule has 0 aliphatic carbocycles. The molecule has 28 heavy (non-hydrogen) atoms. The summed E-state index contributed by atoms with van der Waals surface area (Å²) in [5.74, 6) is 0.0425. The first-order valence-electron chi connectivity index (χ1n) is 8.36. The molecule has 0 saturated heterocycles. The van der Waals surface area contributed by atoms with Gasteiger partial charge >= 0.3 is 5.97 Å². The number of carboxylic acid groups (broad SMARTS) is 1. The number of hydrogen-bond acceptors (Lipinski definition) is 6. The lowest BCUT2D eigenvalue weighted by Gasteiger charge is -2.15. The van der Waals surface area contributed by atoms with Gasteiger partial charge in [0.15, 0.2) is 0 Å². The molecule has 1 aromatic heterocycles. The van der Waals surface area contributed by atoms with Crippen molar-refractivity contribution in [2.24, 2.45) is 0 Å². The van der Waals surface area contributed by atoms with Crippen LogP contribution in [0, 0.1) is 0 Å². The lowest BCUT2D eigenvalue weighted by Crippen LogP contribution is -2.15. The second-order valence-corrected chi connectivity index (χ2v) is 6.81. The van der Waals surface area contributed by atoms with E-state index in [2.05, 4.69) is 10.3 Å². The number of benzene rings is 2. The van der Waals surface area contributed by atoms with Crippen molar-refractivity contribution >= 4 is 17.0 Å². The van der Waals surface area contributed by atoms with Gasteiger partial charge in [-0.1, -0.05) is 12.1 Å². The van der Waals surface area contributed by atoms with Crippen LogP contribution in [0.2, 0.25) is 0 Å². The summed E-state index contributed by atoms with van der Waals surface area (Å²) in [6.45, 7) is 0.657. The topological polar surface area (TPSA) is 112 Å². The van der Waals surface area contributed by atoms with E-state index < -0.39 is 17.0 Å². The number of hydrogen-bond donors (Lipinski definition) is 2. The lowest BCUT2D eigenvalue weighted by atomic mass is 10.1. The predicted octanol–water partition coefficient (Wildman–Crippen LogP) is 3.10. The van der Waals surface area contributed by atoms with Crippen LogP contribution >= 0.6 is 0 Å². The van der Waals surface area contributed by atoms with Crippen molar-refractivity contribution in [1.82, 2.24) is 10.3 Å². The number of ether oxygens (including phenoxy) is 1. The highest BCUT2D eigenvalue weighted by molar-refractivity contribution is 7.79. The fourth-order valence-corrected chi connectivity index (χ4v) is 3.14. The highest BCUT2D eigenvalue weighted by atomic mass is 32.2. The van der Waals surface area contributed by atoms with Crippen LogP contribution < -0.4 is 10.1 Å². The molecule has 0 amide bonds. The van der Waals surface area contributed by atoms with Gasteiger partial charge in [-0.05, 0) is 64.7 Å². The van der Waals surface area contributed by atoms with Crippen LogP contribution in [0.1, 0.15) is 21.5 Å². The third kappa shape index (κ3) is 5.23. The van der Waals surface area contributed by atoms with Crippen molar-refractivity contribution in [3.8, 4) is 11.5 Å². The zero-order valence-corrected chi connectivity index (χ0v) is 15.5. The predicted molar refractivity (Wildman–Crippen MR) is 102 cm³/mol. The van der Waals surface area contributed by atoms with Gasteiger partial charge in [-0.3, -0.25) is 9.19 Å². The van der Waals surface area contributed by atoms with Gasteiger partial charge in [0, 0.05) is 24.2 Å². The summed E-state index contributed by atoms with van der Waals surface area (Å²) >= 11 is -2.39. The van der Waals surface area contributed by atoms with Gasteiger partial charge in [-0.2, -0.15) is 0 Å². The Labute approximate surface area is 164 Å². The van der Waals surface area contributed by atoms with Crippen LogP contribution in [0.15, 0.2) is 71.9 Å². The molecule has 7 nitrogen and oxygen atoms in total. The second kappa shape index (κ2) is 9.23. The third-order valence-corrected chi connectivity index (χ3v) is 4.66. The number of nitrogens with one attached hydrogen (secondary N) is 1. The van der Waals surface area contributed by atoms with Gasteiger partial charge < -0.3 is 19.7 Å². The summed E-state index contributed by atoms with van der Waals surface area (Å²) in [6.07, 6.45) is 3.19. The van der Waals surface area contributed by atoms with Gasteiger partial charge in [-0.15, -0.1) is 0 Å². The van der Waals surface area contributed by atoms with Gasteiger partial charge in [0.05, 0.1) is 11.8 Å². The van der Waals surface area contributed by atoms with E-state index in [1.165, 1.54) is 12.1 Å². The Hall–Kier alpha value is -3.07. The van der Waals surface area contributed by atoms with Crippen molar-refractivity contribution in [2.75, 3.05) is 0 Å². The fraction of sp³-hybridized carbons (Fsp3) is 0.100. The number of nitrogens with zero attached hydrogens (tertiary/aromatic N) is 1. The quantitative estimate of drug-likeness (QED) is 0.562. The van der Waals surface area contributed by atoms with E-state index in [0.29, 0.717) is 23.6 Å². The summed E-state index contributed by atoms with van der Waals surface area (Å²) in [5.41, 5.74) is 1.53. The van der Waals surface area contributed by atoms with Crippen LogP contribution in [0.25, 0.3) is 0 Å². The molecule has 0 aliphatic rings. The van der Waals surface area contributed by atoms with Crippen molar-refractivity contribution in [2.45, 2.75) is 18.0 Å². The average molecular weight is 397 g/mol. The van der Waals surface area contributed by atoms with E-state index in [1.807, 2.05) is 0 Å². The SMILES string of the molecule is O=C(O)c1cccc(CNCc2cc(Oc3cccnc3)ccc2S(=O)[O-])c1. The number of carboxylic acids is 1. The van der Waals surface area contributed by atoms with Gasteiger partial charge in [-0.25, -0.2) is 4.79 Å². The zero-order valence-electron chi connectivity index (χ0n) is 14.7. The van der Waals surface area contributed by atoms with Crippen LogP contribution in [0.5, 0.6) is 11.5 Å². The van der Waals surface area contributed by atoms with Crippen LogP contribution in [0.3, 0.4) is 0 Å². The third-order valence-electron chi connectivity index (χ3n) is 3.90. The Morgan fingerprint density at radius 3 is 2.68 bits per heavy atom. The van der Waals surface area contributed by atoms with Crippen molar-refractivity contribution in [1.29, 1.82) is 0 Å². The van der Waals surface area contributed by atoms with E-state index in [0.717, 1.165) is 5.56 Å². The van der Waals surface area contributed by atoms with E-state index in [-0.39, 0.29) is 17.0 Å². The van der Waals surface area contributed by atoms with Crippen molar-refractivity contribution < 1.29 is 23.4 Å². The molecule has 1 heterocycles. The molecular weight excluding hydrogens is 380 g/mol. The normalized spacial score (nSPS) is 11.8. The number of rotatable bonds is 8. The number of aromatic nitrogens is 1. The molecule has 0 fully saturated rings. The lowest BCUT2D eigenvalue weighted by molar-refractivity contribution is 0.0696. The summed E-state index contributed by atoms with van der Waals surface area (Å²) < 4.78 is 28.7. The Bertz CT molecular complexity index is 995. The minimum absolute atomic E-state index is 0.172. The molecule has 0 saturated carbocycles. The second-order valence-electron chi connectivity index (χ2n) is 5.90. The summed E-state index contributed by atoms with van der Waals surface area (Å²) in [4.78, 5) is 15.2. The van der Waals surface area contributed by atoms with Gasteiger partial charge in [0.2, 0.25) is 0 Å². The molecule has 3 rings (SSSR count). The Morgan fingerprint density at radius 1 is 1.11 bits per heavy atom.